The first-order chi connectivity index (χ1) is 8.54. The van der Waals surface area contributed by atoms with Crippen LogP contribution >= 0.6 is 0 Å². The van der Waals surface area contributed by atoms with E-state index in [0.717, 1.165) is 19.5 Å². The molecular formula is C15H23NO2. The minimum absolute atomic E-state index is 0.241. The highest BCUT2D eigenvalue weighted by Gasteiger charge is 2.09. The van der Waals surface area contributed by atoms with E-state index in [-0.39, 0.29) is 6.42 Å². The maximum atomic E-state index is 10.6. The molecule has 1 aromatic carbocycles. The van der Waals surface area contributed by atoms with E-state index in [1.54, 1.807) is 0 Å². The third-order valence-corrected chi connectivity index (χ3v) is 3.01. The molecule has 0 aliphatic carbocycles. The van der Waals surface area contributed by atoms with Crippen molar-refractivity contribution in [2.45, 2.75) is 40.0 Å². The Kier molecular flexibility index (Phi) is 5.69. The Morgan fingerprint density at radius 2 is 2.00 bits per heavy atom. The van der Waals surface area contributed by atoms with Crippen LogP contribution in [-0.2, 0) is 4.79 Å². The molecule has 0 fully saturated rings. The second-order valence-corrected chi connectivity index (χ2v) is 4.77. The van der Waals surface area contributed by atoms with Crippen LogP contribution in [0.4, 0.5) is 5.69 Å². The van der Waals surface area contributed by atoms with Crippen molar-refractivity contribution in [3.8, 4) is 0 Å². The molecule has 0 bridgehead atoms. The molecule has 1 N–H and O–H groups in total. The second kappa shape index (κ2) is 7.04. The summed E-state index contributed by atoms with van der Waals surface area (Å²) in [6, 6.07) is 6.43. The van der Waals surface area contributed by atoms with Crippen molar-refractivity contribution in [1.82, 2.24) is 0 Å². The van der Waals surface area contributed by atoms with Crippen LogP contribution in [0.15, 0.2) is 18.2 Å². The van der Waals surface area contributed by atoms with Gasteiger partial charge in [0.1, 0.15) is 0 Å². The van der Waals surface area contributed by atoms with Gasteiger partial charge < -0.3 is 10.0 Å². The van der Waals surface area contributed by atoms with Crippen LogP contribution in [0.25, 0.3) is 0 Å². The van der Waals surface area contributed by atoms with Gasteiger partial charge in [-0.1, -0.05) is 24.6 Å². The summed E-state index contributed by atoms with van der Waals surface area (Å²) in [7, 11) is 0. The predicted octanol–water partition coefficient (Wildman–Crippen LogP) is 3.38. The number of rotatable bonds is 7. The van der Waals surface area contributed by atoms with E-state index in [4.69, 9.17) is 5.11 Å². The molecule has 0 radical (unpaired) electrons. The van der Waals surface area contributed by atoms with E-state index in [0.29, 0.717) is 6.42 Å². The summed E-state index contributed by atoms with van der Waals surface area (Å²) in [5.74, 6) is -0.716. The summed E-state index contributed by atoms with van der Waals surface area (Å²) < 4.78 is 0. The van der Waals surface area contributed by atoms with E-state index >= 15 is 0 Å². The van der Waals surface area contributed by atoms with Crippen molar-refractivity contribution in [3.63, 3.8) is 0 Å². The van der Waals surface area contributed by atoms with E-state index < -0.39 is 5.97 Å². The first-order valence-corrected chi connectivity index (χ1v) is 6.58. The van der Waals surface area contributed by atoms with Gasteiger partial charge in [-0.2, -0.15) is 0 Å². The lowest BCUT2D eigenvalue weighted by atomic mass is 10.1. The van der Waals surface area contributed by atoms with Crippen molar-refractivity contribution in [3.05, 3.63) is 29.3 Å². The molecule has 0 amide bonds. The Bertz CT molecular complexity index is 401. The van der Waals surface area contributed by atoms with Crippen molar-refractivity contribution in [2.75, 3.05) is 18.0 Å². The summed E-state index contributed by atoms with van der Waals surface area (Å²) in [6.45, 7) is 8.13. The molecule has 0 saturated heterocycles. The third-order valence-electron chi connectivity index (χ3n) is 3.01. The van der Waals surface area contributed by atoms with Gasteiger partial charge in [0, 0.05) is 25.2 Å². The number of nitrogens with zero attached hydrogens (tertiary/aromatic N) is 1. The number of anilines is 1. The fourth-order valence-corrected chi connectivity index (χ4v) is 2.20. The summed E-state index contributed by atoms with van der Waals surface area (Å²) >= 11 is 0. The van der Waals surface area contributed by atoms with Crippen LogP contribution in [-0.4, -0.2) is 24.2 Å². The maximum Gasteiger partial charge on any atom is 0.303 e. The SMILES string of the molecule is CCCN(CCCC(=O)O)c1ccc(C)cc1C. The van der Waals surface area contributed by atoms with Crippen molar-refractivity contribution >= 4 is 11.7 Å². The Labute approximate surface area is 109 Å². The largest absolute Gasteiger partial charge is 0.481 e. The second-order valence-electron chi connectivity index (χ2n) is 4.77. The lowest BCUT2D eigenvalue weighted by molar-refractivity contribution is -0.137. The molecule has 0 heterocycles. The predicted molar refractivity (Wildman–Crippen MR) is 75.3 cm³/mol. The molecule has 0 atom stereocenters. The minimum atomic E-state index is -0.716. The van der Waals surface area contributed by atoms with Gasteiger partial charge in [-0.15, -0.1) is 0 Å². The van der Waals surface area contributed by atoms with Crippen LogP contribution in [0.5, 0.6) is 0 Å². The van der Waals surface area contributed by atoms with Crippen LogP contribution in [0.2, 0.25) is 0 Å². The first-order valence-electron chi connectivity index (χ1n) is 6.58. The Hall–Kier alpha value is -1.51. The van der Waals surface area contributed by atoms with E-state index in [1.165, 1.54) is 16.8 Å². The van der Waals surface area contributed by atoms with Crippen LogP contribution in [0, 0.1) is 13.8 Å². The number of aliphatic carboxylic acids is 1. The molecule has 0 saturated carbocycles. The average molecular weight is 249 g/mol. The van der Waals surface area contributed by atoms with Crippen LogP contribution < -0.4 is 4.90 Å². The molecule has 100 valence electrons. The van der Waals surface area contributed by atoms with E-state index in [2.05, 4.69) is 43.9 Å². The van der Waals surface area contributed by atoms with Gasteiger partial charge in [-0.3, -0.25) is 4.79 Å². The number of carboxylic acid groups (broad SMARTS) is 1. The summed E-state index contributed by atoms with van der Waals surface area (Å²) in [5, 5.41) is 8.70. The number of hydrogen-bond acceptors (Lipinski definition) is 2. The average Bonchev–Trinajstić information content (AvgIpc) is 2.28. The molecule has 0 unspecified atom stereocenters. The molecular weight excluding hydrogens is 226 g/mol. The molecule has 0 spiro atoms. The van der Waals surface area contributed by atoms with E-state index in [9.17, 15) is 4.79 Å². The maximum absolute atomic E-state index is 10.6. The molecule has 1 rings (SSSR count). The number of aryl methyl sites for hydroxylation is 2. The van der Waals surface area contributed by atoms with Crippen molar-refractivity contribution in [1.29, 1.82) is 0 Å². The highest BCUT2D eigenvalue weighted by atomic mass is 16.4. The smallest absolute Gasteiger partial charge is 0.303 e. The molecule has 1 aromatic rings. The van der Waals surface area contributed by atoms with Crippen molar-refractivity contribution in [2.24, 2.45) is 0 Å². The quantitative estimate of drug-likeness (QED) is 0.805. The highest BCUT2D eigenvalue weighted by molar-refractivity contribution is 5.66. The van der Waals surface area contributed by atoms with Gasteiger partial charge in [0.25, 0.3) is 0 Å². The Balaban J connectivity index is 2.73. The lowest BCUT2D eigenvalue weighted by Gasteiger charge is -2.26. The van der Waals surface area contributed by atoms with Gasteiger partial charge in [0.15, 0.2) is 0 Å². The monoisotopic (exact) mass is 249 g/mol. The van der Waals surface area contributed by atoms with Gasteiger partial charge in [-0.25, -0.2) is 0 Å². The topological polar surface area (TPSA) is 40.5 Å². The van der Waals surface area contributed by atoms with Gasteiger partial charge in [0.2, 0.25) is 0 Å². The number of carboxylic acids is 1. The fraction of sp³-hybridized carbons (Fsp3) is 0.533. The normalized spacial score (nSPS) is 10.4. The summed E-state index contributed by atoms with van der Waals surface area (Å²) in [6.07, 6.45) is 2.01. The van der Waals surface area contributed by atoms with Gasteiger partial charge in [-0.05, 0) is 38.3 Å². The van der Waals surface area contributed by atoms with Gasteiger partial charge in [0.05, 0.1) is 0 Å². The molecule has 18 heavy (non-hydrogen) atoms. The molecule has 0 aromatic heterocycles. The zero-order valence-corrected chi connectivity index (χ0v) is 11.6. The molecule has 3 heteroatoms. The zero-order chi connectivity index (χ0) is 13.5. The fourth-order valence-electron chi connectivity index (χ4n) is 2.20. The van der Waals surface area contributed by atoms with Crippen LogP contribution in [0.3, 0.4) is 0 Å². The molecule has 3 nitrogen and oxygen atoms in total. The molecule has 0 aliphatic heterocycles. The first kappa shape index (κ1) is 14.6. The minimum Gasteiger partial charge on any atom is -0.481 e. The Morgan fingerprint density at radius 3 is 2.56 bits per heavy atom. The van der Waals surface area contributed by atoms with Crippen molar-refractivity contribution < 1.29 is 9.90 Å². The van der Waals surface area contributed by atoms with Crippen LogP contribution in [0.1, 0.15) is 37.3 Å². The summed E-state index contributed by atoms with van der Waals surface area (Å²) in [4.78, 5) is 12.9. The molecule has 0 aliphatic rings. The Morgan fingerprint density at radius 1 is 1.28 bits per heavy atom. The lowest BCUT2D eigenvalue weighted by Crippen LogP contribution is -2.26. The van der Waals surface area contributed by atoms with Gasteiger partial charge >= 0.3 is 5.97 Å². The number of hydrogen-bond donors (Lipinski definition) is 1. The van der Waals surface area contributed by atoms with E-state index in [1.807, 2.05) is 0 Å². The standard InChI is InChI=1S/C15H23NO2/c1-4-9-16(10-5-6-15(17)18)14-8-7-12(2)11-13(14)3/h7-8,11H,4-6,9-10H2,1-3H3,(H,17,18). The number of benzene rings is 1. The number of carbonyl (C=O) groups is 1. The zero-order valence-electron chi connectivity index (χ0n) is 11.6. The summed E-state index contributed by atoms with van der Waals surface area (Å²) in [5.41, 5.74) is 3.75. The third kappa shape index (κ3) is 4.40. The highest BCUT2D eigenvalue weighted by Crippen LogP contribution is 2.21.